The average Bonchev–Trinajstić information content (AvgIpc) is 3.43. The van der Waals surface area contributed by atoms with E-state index in [0.29, 0.717) is 29.0 Å². The minimum Gasteiger partial charge on any atom is -0.469 e. The van der Waals surface area contributed by atoms with E-state index in [0.717, 1.165) is 44.2 Å². The van der Waals surface area contributed by atoms with E-state index in [-0.39, 0.29) is 29.9 Å². The van der Waals surface area contributed by atoms with Gasteiger partial charge in [-0.15, -0.1) is 11.3 Å². The molecule has 2 N–H and O–H groups in total. The van der Waals surface area contributed by atoms with Gasteiger partial charge in [0, 0.05) is 35.7 Å². The van der Waals surface area contributed by atoms with Crippen LogP contribution in [0.1, 0.15) is 87.7 Å². The van der Waals surface area contributed by atoms with Gasteiger partial charge in [-0.3, -0.25) is 14.4 Å². The van der Waals surface area contributed by atoms with Crippen molar-refractivity contribution in [3.8, 4) is 0 Å². The van der Waals surface area contributed by atoms with E-state index in [1.54, 1.807) is 12.3 Å². The van der Waals surface area contributed by atoms with Crippen LogP contribution >= 0.6 is 11.3 Å². The predicted octanol–water partition coefficient (Wildman–Crippen LogP) is 4.69. The summed E-state index contributed by atoms with van der Waals surface area (Å²) in [6.07, 6.45) is 10.4. The summed E-state index contributed by atoms with van der Waals surface area (Å²) in [5.41, 5.74) is 1.43. The molecule has 186 valence electrons. The van der Waals surface area contributed by atoms with Crippen molar-refractivity contribution in [1.29, 1.82) is 0 Å². The Kier molecular flexibility index (Phi) is 8.88. The van der Waals surface area contributed by atoms with Crippen molar-refractivity contribution >= 4 is 34.3 Å². The summed E-state index contributed by atoms with van der Waals surface area (Å²) in [5, 5.41) is 8.04. The molecule has 0 bridgehead atoms. The first kappa shape index (κ1) is 25.9. The molecule has 8 nitrogen and oxygen atoms in total. The minimum absolute atomic E-state index is 0.111. The Labute approximate surface area is 205 Å². The molecule has 1 fully saturated rings. The van der Waals surface area contributed by atoms with Gasteiger partial charge >= 0.3 is 5.97 Å². The summed E-state index contributed by atoms with van der Waals surface area (Å²) in [4.78, 5) is 40.9. The Balaban J connectivity index is 1.45. The molecule has 34 heavy (non-hydrogen) atoms. The number of ether oxygens (including phenoxy) is 1. The molecule has 3 rings (SSSR count). The second kappa shape index (κ2) is 11.6. The first-order valence-electron chi connectivity index (χ1n) is 11.9. The number of esters is 1. The molecule has 0 radical (unpaired) electrons. The number of carbonyl (C=O) groups excluding carboxylic acids is 3. The van der Waals surface area contributed by atoms with Gasteiger partial charge in [0.05, 0.1) is 24.9 Å². The van der Waals surface area contributed by atoms with Gasteiger partial charge in [0.15, 0.2) is 5.13 Å². The highest BCUT2D eigenvalue weighted by atomic mass is 32.1. The van der Waals surface area contributed by atoms with Crippen molar-refractivity contribution in [2.75, 3.05) is 19.0 Å². The van der Waals surface area contributed by atoms with Crippen LogP contribution in [0.4, 0.5) is 5.13 Å². The van der Waals surface area contributed by atoms with Crippen LogP contribution in [0.5, 0.6) is 0 Å². The topological polar surface area (TPSA) is 102 Å². The molecule has 2 amide bonds. The van der Waals surface area contributed by atoms with Gasteiger partial charge in [-0.2, -0.15) is 0 Å². The van der Waals surface area contributed by atoms with Crippen molar-refractivity contribution < 1.29 is 19.1 Å². The second-order valence-electron chi connectivity index (χ2n) is 9.99. The van der Waals surface area contributed by atoms with Crippen molar-refractivity contribution in [2.24, 2.45) is 5.92 Å². The van der Waals surface area contributed by atoms with Crippen LogP contribution < -0.4 is 10.6 Å². The van der Waals surface area contributed by atoms with E-state index in [4.69, 9.17) is 4.74 Å². The number of nitrogens with zero attached hydrogens (tertiary/aromatic N) is 2. The maximum Gasteiger partial charge on any atom is 0.305 e. The summed E-state index contributed by atoms with van der Waals surface area (Å²) in [5.74, 6) is 0.0702. The summed E-state index contributed by atoms with van der Waals surface area (Å²) in [6, 6.07) is 1.75. The standard InChI is InChI=1S/C25H36N4O4S/c1-25(2,3)29-12-11-19(15-29)23(32)26-14-21(30)28-24-27-20(16-34-24)18-9-5-7-17(8-6-10-18)13-22(31)33-4/h11-12,15-18H,5-10,13-14H2,1-4H3,(H,26,32)(H,27,28,30). The lowest BCUT2D eigenvalue weighted by molar-refractivity contribution is -0.141. The maximum atomic E-state index is 12.4. The molecule has 0 saturated heterocycles. The van der Waals surface area contributed by atoms with Gasteiger partial charge in [-0.05, 0) is 58.4 Å². The van der Waals surface area contributed by atoms with Crippen LogP contribution in [-0.2, 0) is 19.9 Å². The predicted molar refractivity (Wildman–Crippen MR) is 133 cm³/mol. The summed E-state index contributed by atoms with van der Waals surface area (Å²) in [6.45, 7) is 6.06. The molecule has 2 aromatic rings. The molecule has 2 heterocycles. The first-order valence-corrected chi connectivity index (χ1v) is 12.8. The quantitative estimate of drug-likeness (QED) is 0.551. The third-order valence-corrected chi connectivity index (χ3v) is 7.11. The number of hydrogen-bond acceptors (Lipinski definition) is 6. The fourth-order valence-corrected chi connectivity index (χ4v) is 5.13. The highest BCUT2D eigenvalue weighted by Gasteiger charge is 2.22. The fraction of sp³-hybridized carbons (Fsp3) is 0.600. The van der Waals surface area contributed by atoms with Crippen LogP contribution in [0, 0.1) is 5.92 Å². The number of rotatable bonds is 7. The van der Waals surface area contributed by atoms with E-state index < -0.39 is 0 Å². The molecule has 0 unspecified atom stereocenters. The molecule has 0 atom stereocenters. The Morgan fingerprint density at radius 2 is 1.88 bits per heavy atom. The lowest BCUT2D eigenvalue weighted by Gasteiger charge is -2.23. The van der Waals surface area contributed by atoms with E-state index in [2.05, 4.69) is 36.4 Å². The molecule has 0 aromatic carbocycles. The van der Waals surface area contributed by atoms with Crippen LogP contribution in [0.2, 0.25) is 0 Å². The number of anilines is 1. The minimum atomic E-state index is -0.298. The van der Waals surface area contributed by atoms with Crippen molar-refractivity contribution in [3.63, 3.8) is 0 Å². The molecule has 1 aliphatic carbocycles. The number of nitrogens with one attached hydrogen (secondary N) is 2. The molecule has 1 saturated carbocycles. The second-order valence-corrected chi connectivity index (χ2v) is 10.8. The van der Waals surface area contributed by atoms with Gasteiger partial charge in [-0.1, -0.05) is 12.8 Å². The third kappa shape index (κ3) is 7.41. The van der Waals surface area contributed by atoms with Gasteiger partial charge in [0.2, 0.25) is 5.91 Å². The summed E-state index contributed by atoms with van der Waals surface area (Å²) in [7, 11) is 1.44. The largest absolute Gasteiger partial charge is 0.469 e. The van der Waals surface area contributed by atoms with Gasteiger partial charge in [0.1, 0.15) is 0 Å². The van der Waals surface area contributed by atoms with Gasteiger partial charge in [-0.25, -0.2) is 4.98 Å². The normalized spacial score (nSPS) is 19.1. The number of hydrogen-bond donors (Lipinski definition) is 2. The Bertz CT molecular complexity index is 981. The third-order valence-electron chi connectivity index (χ3n) is 6.34. The lowest BCUT2D eigenvalue weighted by Crippen LogP contribution is -2.32. The smallest absolute Gasteiger partial charge is 0.305 e. The summed E-state index contributed by atoms with van der Waals surface area (Å²) >= 11 is 1.41. The van der Waals surface area contributed by atoms with E-state index in [1.165, 1.54) is 18.4 Å². The Morgan fingerprint density at radius 3 is 2.50 bits per heavy atom. The molecule has 0 aliphatic heterocycles. The lowest BCUT2D eigenvalue weighted by atomic mass is 9.83. The van der Waals surface area contributed by atoms with E-state index >= 15 is 0 Å². The number of carbonyl (C=O) groups is 3. The highest BCUT2D eigenvalue weighted by Crippen LogP contribution is 2.35. The SMILES string of the molecule is COC(=O)CC1CCCC(c2csc(NC(=O)CNC(=O)c3ccn(C(C)(C)C)c3)n2)CCC1. The first-order chi connectivity index (χ1) is 16.2. The zero-order chi connectivity index (χ0) is 24.7. The summed E-state index contributed by atoms with van der Waals surface area (Å²) < 4.78 is 6.78. The zero-order valence-electron chi connectivity index (χ0n) is 20.6. The van der Waals surface area contributed by atoms with Crippen LogP contribution in [0.25, 0.3) is 0 Å². The molecular weight excluding hydrogens is 452 g/mol. The zero-order valence-corrected chi connectivity index (χ0v) is 21.4. The monoisotopic (exact) mass is 488 g/mol. The number of aromatic nitrogens is 2. The number of methoxy groups -OCH3 is 1. The van der Waals surface area contributed by atoms with Gasteiger partial charge < -0.3 is 19.9 Å². The van der Waals surface area contributed by atoms with Crippen LogP contribution in [0.3, 0.4) is 0 Å². The van der Waals surface area contributed by atoms with Crippen LogP contribution in [-0.4, -0.2) is 41.0 Å². The van der Waals surface area contributed by atoms with Gasteiger partial charge in [0.25, 0.3) is 5.91 Å². The number of amides is 2. The van der Waals surface area contributed by atoms with Crippen molar-refractivity contribution in [2.45, 2.75) is 77.2 Å². The number of thiazole rings is 1. The molecule has 1 aliphatic rings. The molecule has 2 aromatic heterocycles. The average molecular weight is 489 g/mol. The van der Waals surface area contributed by atoms with E-state index in [9.17, 15) is 14.4 Å². The van der Waals surface area contributed by atoms with Crippen molar-refractivity contribution in [1.82, 2.24) is 14.9 Å². The Morgan fingerprint density at radius 1 is 1.18 bits per heavy atom. The molecule has 9 heteroatoms. The van der Waals surface area contributed by atoms with Crippen LogP contribution in [0.15, 0.2) is 23.8 Å². The fourth-order valence-electron chi connectivity index (χ4n) is 4.32. The van der Waals surface area contributed by atoms with E-state index in [1.807, 2.05) is 16.1 Å². The molecule has 0 spiro atoms. The Hall–Kier alpha value is -2.68. The maximum absolute atomic E-state index is 12.4. The van der Waals surface area contributed by atoms with Crippen molar-refractivity contribution in [3.05, 3.63) is 35.1 Å². The highest BCUT2D eigenvalue weighted by molar-refractivity contribution is 7.13. The molecular formula is C25H36N4O4S.